The summed E-state index contributed by atoms with van der Waals surface area (Å²) in [7, 11) is 0. The summed E-state index contributed by atoms with van der Waals surface area (Å²) in [6.07, 6.45) is 2.00. The molecule has 6 heteroatoms. The van der Waals surface area contributed by atoms with Gasteiger partial charge >= 0.3 is 0 Å². The third-order valence-corrected chi connectivity index (χ3v) is 4.87. The lowest BCUT2D eigenvalue weighted by Gasteiger charge is -2.15. The minimum Gasteiger partial charge on any atom is -0.396 e. The third kappa shape index (κ3) is 2.63. The summed E-state index contributed by atoms with van der Waals surface area (Å²) >= 11 is 1.51. The molecule has 2 aromatic rings. The van der Waals surface area contributed by atoms with Gasteiger partial charge in [0.1, 0.15) is 0 Å². The topological polar surface area (TPSA) is 57.8 Å². The highest BCUT2D eigenvalue weighted by Crippen LogP contribution is 2.21. The van der Waals surface area contributed by atoms with Gasteiger partial charge in [-0.05, 0) is 32.2 Å². The van der Waals surface area contributed by atoms with Crippen molar-refractivity contribution in [3.63, 3.8) is 0 Å². The van der Waals surface area contributed by atoms with E-state index < -0.39 is 0 Å². The number of aryl methyl sites for hydroxylation is 1. The first-order valence-corrected chi connectivity index (χ1v) is 7.85. The van der Waals surface area contributed by atoms with Crippen LogP contribution in [0.2, 0.25) is 0 Å². The molecular formula is C14H19N3O2S. The summed E-state index contributed by atoms with van der Waals surface area (Å²) < 4.78 is 1.66. The SMILES string of the molecule is Cc1csc2nc(CN3CCC(CCO)C3)cc(=O)n12. The van der Waals surface area contributed by atoms with Crippen LogP contribution in [0.5, 0.6) is 0 Å². The summed E-state index contributed by atoms with van der Waals surface area (Å²) in [6.45, 7) is 4.93. The summed E-state index contributed by atoms with van der Waals surface area (Å²) in [5, 5.41) is 10.9. The molecule has 1 aliphatic heterocycles. The number of hydrogen-bond acceptors (Lipinski definition) is 5. The fourth-order valence-electron chi connectivity index (χ4n) is 2.89. The van der Waals surface area contributed by atoms with E-state index in [-0.39, 0.29) is 12.2 Å². The Morgan fingerprint density at radius 3 is 3.20 bits per heavy atom. The highest BCUT2D eigenvalue weighted by atomic mass is 32.1. The molecule has 1 atom stereocenters. The Morgan fingerprint density at radius 2 is 2.40 bits per heavy atom. The highest BCUT2D eigenvalue weighted by molar-refractivity contribution is 7.15. The molecule has 20 heavy (non-hydrogen) atoms. The van der Waals surface area contributed by atoms with Crippen molar-refractivity contribution in [2.45, 2.75) is 26.3 Å². The standard InChI is InChI=1S/C14H19N3O2S/c1-10-9-20-14-15-12(6-13(19)17(10)14)8-16-4-2-11(7-16)3-5-18/h6,9,11,18H,2-5,7-8H2,1H3. The smallest absolute Gasteiger partial charge is 0.259 e. The first-order valence-electron chi connectivity index (χ1n) is 6.97. The number of aliphatic hydroxyl groups is 1. The van der Waals surface area contributed by atoms with Crippen LogP contribution < -0.4 is 5.56 Å². The lowest BCUT2D eigenvalue weighted by atomic mass is 10.1. The van der Waals surface area contributed by atoms with Crippen LogP contribution in [0.3, 0.4) is 0 Å². The second kappa shape index (κ2) is 5.63. The maximum atomic E-state index is 12.1. The van der Waals surface area contributed by atoms with Crippen LogP contribution in [0, 0.1) is 12.8 Å². The fraction of sp³-hybridized carbons (Fsp3) is 0.571. The molecule has 0 aliphatic carbocycles. The van der Waals surface area contributed by atoms with Crippen LogP contribution in [0.15, 0.2) is 16.2 Å². The zero-order valence-electron chi connectivity index (χ0n) is 11.6. The van der Waals surface area contributed by atoms with Gasteiger partial charge in [0.25, 0.3) is 5.56 Å². The van der Waals surface area contributed by atoms with Crippen molar-refractivity contribution < 1.29 is 5.11 Å². The van der Waals surface area contributed by atoms with Gasteiger partial charge in [-0.2, -0.15) is 0 Å². The molecule has 1 saturated heterocycles. The van der Waals surface area contributed by atoms with Crippen molar-refractivity contribution in [3.05, 3.63) is 33.2 Å². The molecule has 1 fully saturated rings. The Hall–Kier alpha value is -1.24. The molecule has 1 aliphatic rings. The van der Waals surface area contributed by atoms with Crippen LogP contribution in [0.25, 0.3) is 4.96 Å². The monoisotopic (exact) mass is 293 g/mol. The quantitative estimate of drug-likeness (QED) is 0.922. The molecule has 5 nitrogen and oxygen atoms in total. The van der Waals surface area contributed by atoms with E-state index in [9.17, 15) is 4.79 Å². The normalized spacial score (nSPS) is 20.0. The molecule has 1 unspecified atom stereocenters. The van der Waals surface area contributed by atoms with Gasteiger partial charge in [-0.3, -0.25) is 14.1 Å². The molecule has 0 amide bonds. The Bertz CT molecular complexity index is 664. The number of nitrogens with zero attached hydrogens (tertiary/aromatic N) is 3. The van der Waals surface area contributed by atoms with E-state index in [1.165, 1.54) is 11.3 Å². The largest absolute Gasteiger partial charge is 0.396 e. The summed E-state index contributed by atoms with van der Waals surface area (Å²) in [6, 6.07) is 1.64. The summed E-state index contributed by atoms with van der Waals surface area (Å²) in [4.78, 5) is 19.8. The third-order valence-electron chi connectivity index (χ3n) is 3.92. The van der Waals surface area contributed by atoms with Gasteiger partial charge in [-0.25, -0.2) is 4.98 Å². The Balaban J connectivity index is 1.77. The zero-order valence-corrected chi connectivity index (χ0v) is 12.4. The number of hydrogen-bond donors (Lipinski definition) is 1. The van der Waals surface area contributed by atoms with E-state index in [1.54, 1.807) is 10.5 Å². The van der Waals surface area contributed by atoms with Crippen LogP contribution in [-0.4, -0.2) is 39.1 Å². The maximum absolute atomic E-state index is 12.1. The Morgan fingerprint density at radius 1 is 1.55 bits per heavy atom. The average molecular weight is 293 g/mol. The van der Waals surface area contributed by atoms with Crippen molar-refractivity contribution in [3.8, 4) is 0 Å². The fourth-order valence-corrected chi connectivity index (χ4v) is 3.78. The molecule has 3 rings (SSSR count). The van der Waals surface area contributed by atoms with E-state index in [0.717, 1.165) is 48.8 Å². The van der Waals surface area contributed by atoms with Gasteiger partial charge in [0.15, 0.2) is 4.96 Å². The van der Waals surface area contributed by atoms with Gasteiger partial charge in [-0.1, -0.05) is 0 Å². The molecule has 0 radical (unpaired) electrons. The predicted molar refractivity (Wildman–Crippen MR) is 79.2 cm³/mol. The second-order valence-electron chi connectivity index (χ2n) is 5.48. The van der Waals surface area contributed by atoms with Crippen LogP contribution in [0.1, 0.15) is 24.2 Å². The van der Waals surface area contributed by atoms with E-state index in [1.807, 2.05) is 12.3 Å². The van der Waals surface area contributed by atoms with Gasteiger partial charge in [0, 0.05) is 36.8 Å². The number of aromatic nitrogens is 2. The number of fused-ring (bicyclic) bond motifs is 1. The molecule has 0 aromatic carbocycles. The van der Waals surface area contributed by atoms with Crippen molar-refractivity contribution >= 4 is 16.3 Å². The van der Waals surface area contributed by atoms with Gasteiger partial charge in [0.05, 0.1) is 5.69 Å². The van der Waals surface area contributed by atoms with Crippen LogP contribution in [-0.2, 0) is 6.54 Å². The predicted octanol–water partition coefficient (Wildman–Crippen LogP) is 1.27. The molecule has 3 heterocycles. The Labute approximate surface area is 121 Å². The van der Waals surface area contributed by atoms with Crippen molar-refractivity contribution in [1.29, 1.82) is 0 Å². The lowest BCUT2D eigenvalue weighted by Crippen LogP contribution is -2.23. The minimum absolute atomic E-state index is 0.00913. The van der Waals surface area contributed by atoms with Crippen molar-refractivity contribution in [1.82, 2.24) is 14.3 Å². The van der Waals surface area contributed by atoms with E-state index in [4.69, 9.17) is 5.11 Å². The van der Waals surface area contributed by atoms with E-state index >= 15 is 0 Å². The average Bonchev–Trinajstić information content (AvgIpc) is 2.98. The van der Waals surface area contributed by atoms with Gasteiger partial charge in [-0.15, -0.1) is 11.3 Å². The zero-order chi connectivity index (χ0) is 14.1. The second-order valence-corrected chi connectivity index (χ2v) is 6.32. The molecule has 0 bridgehead atoms. The highest BCUT2D eigenvalue weighted by Gasteiger charge is 2.22. The molecule has 0 spiro atoms. The minimum atomic E-state index is 0.00913. The number of aliphatic hydroxyl groups excluding tert-OH is 1. The molecule has 1 N–H and O–H groups in total. The summed E-state index contributed by atoms with van der Waals surface area (Å²) in [5.74, 6) is 0.578. The van der Waals surface area contributed by atoms with Gasteiger partial charge < -0.3 is 5.11 Å². The van der Waals surface area contributed by atoms with Crippen LogP contribution >= 0.6 is 11.3 Å². The summed E-state index contributed by atoms with van der Waals surface area (Å²) in [5.41, 5.74) is 1.80. The Kier molecular flexibility index (Phi) is 3.87. The maximum Gasteiger partial charge on any atom is 0.259 e. The molecular weight excluding hydrogens is 274 g/mol. The first kappa shape index (κ1) is 13.7. The molecule has 0 saturated carbocycles. The molecule has 108 valence electrons. The lowest BCUT2D eigenvalue weighted by molar-refractivity contribution is 0.249. The first-order chi connectivity index (χ1) is 9.67. The number of likely N-dealkylation sites (tertiary alicyclic amines) is 1. The van der Waals surface area contributed by atoms with Crippen molar-refractivity contribution in [2.24, 2.45) is 5.92 Å². The van der Waals surface area contributed by atoms with Crippen molar-refractivity contribution in [2.75, 3.05) is 19.7 Å². The number of thiazole rings is 1. The van der Waals surface area contributed by atoms with Crippen LogP contribution in [0.4, 0.5) is 0 Å². The van der Waals surface area contributed by atoms with E-state index in [0.29, 0.717) is 5.92 Å². The molecule has 2 aromatic heterocycles. The van der Waals surface area contributed by atoms with E-state index in [2.05, 4.69) is 9.88 Å². The van der Waals surface area contributed by atoms with Gasteiger partial charge in [0.2, 0.25) is 0 Å². The number of rotatable bonds is 4.